The Kier molecular flexibility index (Phi) is 61.6. The van der Waals surface area contributed by atoms with E-state index < -0.39 is 6.10 Å². The molecule has 0 spiro atoms. The lowest BCUT2D eigenvalue weighted by molar-refractivity contribution is -0.167. The number of allylic oxidation sites excluding steroid dienone is 4. The summed E-state index contributed by atoms with van der Waals surface area (Å²) in [5, 5.41) is 0. The van der Waals surface area contributed by atoms with E-state index in [0.717, 1.165) is 64.2 Å². The summed E-state index contributed by atoms with van der Waals surface area (Å²) in [6.45, 7) is 6.64. The Bertz CT molecular complexity index is 1190. The number of esters is 3. The number of unbranched alkanes of at least 4 members (excludes halogenated alkanes) is 47. The molecule has 1 atom stereocenters. The van der Waals surface area contributed by atoms with Gasteiger partial charge in [0.2, 0.25) is 0 Å². The quantitative estimate of drug-likeness (QED) is 0.0261. The number of carbonyl (C=O) groups is 3. The van der Waals surface area contributed by atoms with E-state index in [1.54, 1.807) is 0 Å². The smallest absolute Gasteiger partial charge is 0.306 e. The van der Waals surface area contributed by atoms with Crippen LogP contribution in [0.1, 0.15) is 374 Å². The van der Waals surface area contributed by atoms with E-state index in [2.05, 4.69) is 45.1 Å². The molecule has 6 heteroatoms. The van der Waals surface area contributed by atoms with Crippen molar-refractivity contribution < 1.29 is 28.6 Å². The van der Waals surface area contributed by atoms with Crippen LogP contribution >= 0.6 is 0 Å². The van der Waals surface area contributed by atoms with Gasteiger partial charge >= 0.3 is 17.9 Å². The zero-order valence-electron chi connectivity index (χ0n) is 50.1. The van der Waals surface area contributed by atoms with Gasteiger partial charge in [-0.05, 0) is 70.6 Å². The average Bonchev–Trinajstić information content (AvgIpc) is 3.40. The standard InChI is InChI=1S/C68H128O6/c1-4-7-10-13-16-19-21-23-24-25-26-27-28-29-30-31-32-33-34-35-36-37-38-39-40-41-42-43-44-45-47-49-52-55-58-61-67(70)73-64-65(63-72-66(69)60-57-54-51-48-18-15-12-9-6-3)74-68(71)62-59-56-53-50-46-22-20-17-14-11-8-5-2/h17,20,25-26,65H,4-16,18-19,21-24,27-64H2,1-3H3/b20-17-,26-25-. The molecule has 0 aliphatic rings. The van der Waals surface area contributed by atoms with Gasteiger partial charge in [-0.15, -0.1) is 0 Å². The fourth-order valence-electron chi connectivity index (χ4n) is 10.1. The molecule has 0 N–H and O–H groups in total. The van der Waals surface area contributed by atoms with Crippen molar-refractivity contribution in [2.24, 2.45) is 0 Å². The first-order valence-electron chi connectivity index (χ1n) is 33.3. The van der Waals surface area contributed by atoms with Gasteiger partial charge in [0, 0.05) is 19.3 Å². The summed E-state index contributed by atoms with van der Waals surface area (Å²) in [6, 6.07) is 0. The minimum atomic E-state index is -0.769. The van der Waals surface area contributed by atoms with Gasteiger partial charge in [-0.1, -0.05) is 308 Å². The molecule has 0 saturated carbocycles. The van der Waals surface area contributed by atoms with Gasteiger partial charge in [0.15, 0.2) is 6.10 Å². The Morgan fingerprint density at radius 1 is 0.257 bits per heavy atom. The van der Waals surface area contributed by atoms with Crippen LogP contribution in [-0.2, 0) is 28.6 Å². The lowest BCUT2D eigenvalue weighted by Gasteiger charge is -2.18. The van der Waals surface area contributed by atoms with Crippen LogP contribution in [0.4, 0.5) is 0 Å². The highest BCUT2D eigenvalue weighted by atomic mass is 16.6. The number of rotatable bonds is 62. The molecule has 436 valence electrons. The van der Waals surface area contributed by atoms with E-state index in [4.69, 9.17) is 14.2 Å². The third kappa shape index (κ3) is 60.8. The van der Waals surface area contributed by atoms with Gasteiger partial charge in [0.1, 0.15) is 13.2 Å². The summed E-state index contributed by atoms with van der Waals surface area (Å²) >= 11 is 0. The zero-order chi connectivity index (χ0) is 53.6. The molecule has 0 heterocycles. The highest BCUT2D eigenvalue weighted by Gasteiger charge is 2.19. The van der Waals surface area contributed by atoms with Crippen molar-refractivity contribution in [3.8, 4) is 0 Å². The summed E-state index contributed by atoms with van der Waals surface area (Å²) in [5.74, 6) is -0.860. The van der Waals surface area contributed by atoms with E-state index in [1.165, 1.54) is 270 Å². The van der Waals surface area contributed by atoms with Crippen LogP contribution in [-0.4, -0.2) is 37.2 Å². The number of hydrogen-bond acceptors (Lipinski definition) is 6. The molecule has 6 nitrogen and oxygen atoms in total. The molecule has 0 aliphatic carbocycles. The Balaban J connectivity index is 3.91. The summed E-state index contributed by atoms with van der Waals surface area (Å²) in [6.07, 6.45) is 76.7. The molecule has 1 unspecified atom stereocenters. The average molecular weight is 1040 g/mol. The predicted octanol–water partition coefficient (Wildman–Crippen LogP) is 22.6. The highest BCUT2D eigenvalue weighted by Crippen LogP contribution is 2.18. The molecule has 0 aromatic heterocycles. The van der Waals surface area contributed by atoms with Crippen molar-refractivity contribution >= 4 is 17.9 Å². The summed E-state index contributed by atoms with van der Waals surface area (Å²) < 4.78 is 16.8. The molecule has 0 saturated heterocycles. The van der Waals surface area contributed by atoms with Crippen LogP contribution < -0.4 is 0 Å². The number of hydrogen-bond donors (Lipinski definition) is 0. The molecular formula is C68H128O6. The van der Waals surface area contributed by atoms with E-state index in [9.17, 15) is 14.4 Å². The van der Waals surface area contributed by atoms with E-state index in [-0.39, 0.29) is 31.1 Å². The van der Waals surface area contributed by atoms with Crippen molar-refractivity contribution in [1.29, 1.82) is 0 Å². The monoisotopic (exact) mass is 1040 g/mol. The SMILES string of the molecule is CCCCC/C=C\CCCCCCCC(=O)OC(COC(=O)CCCCCCCCCCC)COC(=O)CCCCCCCCCCCCCCCCCCCCCCCCC/C=C\CCCCCCCCCC. The van der Waals surface area contributed by atoms with Crippen molar-refractivity contribution in [1.82, 2.24) is 0 Å². The van der Waals surface area contributed by atoms with Crippen LogP contribution in [0.3, 0.4) is 0 Å². The molecule has 0 amide bonds. The molecule has 0 fully saturated rings. The molecule has 0 rings (SSSR count). The van der Waals surface area contributed by atoms with Crippen molar-refractivity contribution in [3.05, 3.63) is 24.3 Å². The summed E-state index contributed by atoms with van der Waals surface area (Å²) in [7, 11) is 0. The van der Waals surface area contributed by atoms with Gasteiger partial charge < -0.3 is 14.2 Å². The predicted molar refractivity (Wildman–Crippen MR) is 321 cm³/mol. The molecule has 0 bridgehead atoms. The number of carbonyl (C=O) groups excluding carboxylic acids is 3. The van der Waals surface area contributed by atoms with Crippen LogP contribution in [0.2, 0.25) is 0 Å². The minimum absolute atomic E-state index is 0.0691. The van der Waals surface area contributed by atoms with Gasteiger partial charge in [-0.3, -0.25) is 14.4 Å². The largest absolute Gasteiger partial charge is 0.462 e. The normalized spacial score (nSPS) is 12.1. The first kappa shape index (κ1) is 71.9. The maximum atomic E-state index is 12.8. The maximum Gasteiger partial charge on any atom is 0.306 e. The van der Waals surface area contributed by atoms with Gasteiger partial charge in [0.05, 0.1) is 0 Å². The van der Waals surface area contributed by atoms with Gasteiger partial charge in [-0.2, -0.15) is 0 Å². The van der Waals surface area contributed by atoms with Crippen molar-refractivity contribution in [3.63, 3.8) is 0 Å². The molecule has 0 aliphatic heterocycles. The third-order valence-corrected chi connectivity index (χ3v) is 15.2. The second-order valence-electron chi connectivity index (χ2n) is 22.7. The van der Waals surface area contributed by atoms with Crippen LogP contribution in [0.25, 0.3) is 0 Å². The maximum absolute atomic E-state index is 12.8. The van der Waals surface area contributed by atoms with Gasteiger partial charge in [0.25, 0.3) is 0 Å². The van der Waals surface area contributed by atoms with Crippen LogP contribution in [0, 0.1) is 0 Å². The highest BCUT2D eigenvalue weighted by molar-refractivity contribution is 5.71. The van der Waals surface area contributed by atoms with Crippen LogP contribution in [0.15, 0.2) is 24.3 Å². The summed E-state index contributed by atoms with van der Waals surface area (Å²) in [5.41, 5.74) is 0. The summed E-state index contributed by atoms with van der Waals surface area (Å²) in [4.78, 5) is 38.0. The lowest BCUT2D eigenvalue weighted by atomic mass is 10.0. The fraction of sp³-hybridized carbons (Fsp3) is 0.897. The number of ether oxygens (including phenoxy) is 3. The Hall–Kier alpha value is -2.11. The molecule has 0 aromatic rings. The van der Waals surface area contributed by atoms with Crippen LogP contribution in [0.5, 0.6) is 0 Å². The Morgan fingerprint density at radius 3 is 0.703 bits per heavy atom. The van der Waals surface area contributed by atoms with Crippen molar-refractivity contribution in [2.45, 2.75) is 380 Å². The molecule has 0 aromatic carbocycles. The molecule has 74 heavy (non-hydrogen) atoms. The van der Waals surface area contributed by atoms with E-state index in [0.29, 0.717) is 19.3 Å². The van der Waals surface area contributed by atoms with Crippen molar-refractivity contribution in [2.75, 3.05) is 13.2 Å². The zero-order valence-corrected chi connectivity index (χ0v) is 50.1. The minimum Gasteiger partial charge on any atom is -0.462 e. The lowest BCUT2D eigenvalue weighted by Crippen LogP contribution is -2.30. The molecule has 0 radical (unpaired) electrons. The molecular weight excluding hydrogens is 913 g/mol. The second kappa shape index (κ2) is 63.4. The second-order valence-corrected chi connectivity index (χ2v) is 22.7. The Labute approximate surface area is 462 Å². The first-order chi connectivity index (χ1) is 36.5. The van der Waals surface area contributed by atoms with E-state index >= 15 is 0 Å². The van der Waals surface area contributed by atoms with Gasteiger partial charge in [-0.25, -0.2) is 0 Å². The Morgan fingerprint density at radius 2 is 0.446 bits per heavy atom. The third-order valence-electron chi connectivity index (χ3n) is 15.2. The first-order valence-corrected chi connectivity index (χ1v) is 33.3. The topological polar surface area (TPSA) is 78.9 Å². The van der Waals surface area contributed by atoms with E-state index in [1.807, 2.05) is 0 Å². The fourth-order valence-corrected chi connectivity index (χ4v) is 10.1.